The van der Waals surface area contributed by atoms with E-state index < -0.39 is 0 Å². The van der Waals surface area contributed by atoms with Crippen LogP contribution in [0.2, 0.25) is 5.02 Å². The lowest BCUT2D eigenvalue weighted by molar-refractivity contribution is -0.115. The Balaban J connectivity index is 1.61. The molecule has 7 heteroatoms. The minimum atomic E-state index is -0.117. The van der Waals surface area contributed by atoms with E-state index in [0.717, 1.165) is 16.9 Å². The average Bonchev–Trinajstić information content (AvgIpc) is 2.65. The molecule has 0 unspecified atom stereocenters. The van der Waals surface area contributed by atoms with E-state index in [1.807, 2.05) is 67.5 Å². The third-order valence-corrected chi connectivity index (χ3v) is 4.28. The molecule has 0 saturated heterocycles. The standard InChI is InChI=1S/C20H20ClN5O/c1-26(2)17-12-19(25-22-13-17)23-15-7-9-16(10-8-15)24-20(27)11-14-5-3-4-6-18(14)21/h3-10,12-13H,11H2,1-2H3,(H,23,25)(H,24,27). The predicted octanol–water partition coefficient (Wildman–Crippen LogP) is 4.12. The van der Waals surface area contributed by atoms with Crippen molar-refractivity contribution in [3.63, 3.8) is 0 Å². The van der Waals surface area contributed by atoms with Gasteiger partial charge in [-0.2, -0.15) is 5.10 Å². The largest absolute Gasteiger partial charge is 0.376 e. The molecule has 3 rings (SSSR count). The Kier molecular flexibility index (Phi) is 5.88. The molecular weight excluding hydrogens is 362 g/mol. The van der Waals surface area contributed by atoms with Crippen molar-refractivity contribution in [2.45, 2.75) is 6.42 Å². The van der Waals surface area contributed by atoms with Crippen LogP contribution in [0.3, 0.4) is 0 Å². The van der Waals surface area contributed by atoms with Crippen LogP contribution in [-0.2, 0) is 11.2 Å². The highest BCUT2D eigenvalue weighted by Crippen LogP contribution is 2.21. The van der Waals surface area contributed by atoms with Gasteiger partial charge in [-0.15, -0.1) is 5.10 Å². The SMILES string of the molecule is CN(C)c1cnnc(Nc2ccc(NC(=O)Cc3ccccc3Cl)cc2)c1. The zero-order valence-electron chi connectivity index (χ0n) is 15.1. The highest BCUT2D eigenvalue weighted by molar-refractivity contribution is 6.31. The van der Waals surface area contributed by atoms with Gasteiger partial charge in [0.15, 0.2) is 5.82 Å². The summed E-state index contributed by atoms with van der Waals surface area (Å²) in [5, 5.41) is 14.7. The molecule has 0 atom stereocenters. The van der Waals surface area contributed by atoms with Crippen LogP contribution in [0, 0.1) is 0 Å². The number of hydrogen-bond donors (Lipinski definition) is 2. The first-order valence-electron chi connectivity index (χ1n) is 8.41. The molecule has 3 aromatic rings. The highest BCUT2D eigenvalue weighted by atomic mass is 35.5. The normalized spacial score (nSPS) is 10.3. The first-order chi connectivity index (χ1) is 13.0. The van der Waals surface area contributed by atoms with Crippen LogP contribution in [0.1, 0.15) is 5.56 Å². The summed E-state index contributed by atoms with van der Waals surface area (Å²) < 4.78 is 0. The van der Waals surface area contributed by atoms with Gasteiger partial charge in [0, 0.05) is 36.6 Å². The third kappa shape index (κ3) is 5.18. The fourth-order valence-corrected chi connectivity index (χ4v) is 2.67. The van der Waals surface area contributed by atoms with E-state index in [9.17, 15) is 4.79 Å². The van der Waals surface area contributed by atoms with Gasteiger partial charge in [-0.05, 0) is 35.9 Å². The summed E-state index contributed by atoms with van der Waals surface area (Å²) in [6.07, 6.45) is 1.93. The van der Waals surface area contributed by atoms with Gasteiger partial charge in [0.05, 0.1) is 18.3 Å². The summed E-state index contributed by atoms with van der Waals surface area (Å²) in [4.78, 5) is 14.2. The maximum Gasteiger partial charge on any atom is 0.228 e. The molecule has 0 saturated carbocycles. The number of anilines is 4. The Bertz CT molecular complexity index is 928. The lowest BCUT2D eigenvalue weighted by Gasteiger charge is -2.13. The molecule has 1 amide bonds. The van der Waals surface area contributed by atoms with Gasteiger partial charge in [0.25, 0.3) is 0 Å². The summed E-state index contributed by atoms with van der Waals surface area (Å²) in [5.41, 5.74) is 3.32. The summed E-state index contributed by atoms with van der Waals surface area (Å²) in [6, 6.07) is 16.6. The van der Waals surface area contributed by atoms with E-state index >= 15 is 0 Å². The molecule has 0 spiro atoms. The fraction of sp³-hybridized carbons (Fsp3) is 0.150. The van der Waals surface area contributed by atoms with Crippen molar-refractivity contribution in [3.05, 3.63) is 71.4 Å². The maximum absolute atomic E-state index is 12.2. The first-order valence-corrected chi connectivity index (χ1v) is 8.79. The Morgan fingerprint density at radius 3 is 2.48 bits per heavy atom. The summed E-state index contributed by atoms with van der Waals surface area (Å²) in [6.45, 7) is 0. The lowest BCUT2D eigenvalue weighted by atomic mass is 10.1. The number of carbonyl (C=O) groups is 1. The zero-order chi connectivity index (χ0) is 19.2. The van der Waals surface area contributed by atoms with Crippen molar-refractivity contribution in [1.82, 2.24) is 10.2 Å². The second-order valence-electron chi connectivity index (χ2n) is 6.21. The van der Waals surface area contributed by atoms with Crippen molar-refractivity contribution in [1.29, 1.82) is 0 Å². The first kappa shape index (κ1) is 18.7. The summed E-state index contributed by atoms with van der Waals surface area (Å²) in [5.74, 6) is 0.532. The molecule has 138 valence electrons. The number of nitrogens with zero attached hydrogens (tertiary/aromatic N) is 3. The monoisotopic (exact) mass is 381 g/mol. The maximum atomic E-state index is 12.2. The molecule has 2 aromatic carbocycles. The van der Waals surface area contributed by atoms with Gasteiger partial charge >= 0.3 is 0 Å². The molecule has 0 aliphatic rings. The van der Waals surface area contributed by atoms with Crippen molar-refractivity contribution < 1.29 is 4.79 Å². The van der Waals surface area contributed by atoms with E-state index in [4.69, 9.17) is 11.6 Å². The molecule has 1 aromatic heterocycles. The predicted molar refractivity (Wildman–Crippen MR) is 110 cm³/mol. The number of aromatic nitrogens is 2. The Hall–Kier alpha value is -3.12. The quantitative estimate of drug-likeness (QED) is 0.672. The van der Waals surface area contributed by atoms with Crippen molar-refractivity contribution in [3.8, 4) is 0 Å². The fourth-order valence-electron chi connectivity index (χ4n) is 2.47. The van der Waals surface area contributed by atoms with E-state index in [0.29, 0.717) is 16.5 Å². The van der Waals surface area contributed by atoms with Gasteiger partial charge in [-0.3, -0.25) is 4.79 Å². The number of nitrogens with one attached hydrogen (secondary N) is 2. The number of amides is 1. The van der Waals surface area contributed by atoms with Gasteiger partial charge in [-0.25, -0.2) is 0 Å². The Morgan fingerprint density at radius 1 is 1.07 bits per heavy atom. The van der Waals surface area contributed by atoms with Gasteiger partial charge in [-0.1, -0.05) is 29.8 Å². The third-order valence-electron chi connectivity index (χ3n) is 3.91. The van der Waals surface area contributed by atoms with Crippen LogP contribution in [0.25, 0.3) is 0 Å². The van der Waals surface area contributed by atoms with Gasteiger partial charge < -0.3 is 15.5 Å². The number of halogens is 1. The second-order valence-corrected chi connectivity index (χ2v) is 6.62. The minimum Gasteiger partial charge on any atom is -0.376 e. The van der Waals surface area contributed by atoms with Gasteiger partial charge in [0.1, 0.15) is 0 Å². The molecule has 0 aliphatic heterocycles. The lowest BCUT2D eigenvalue weighted by Crippen LogP contribution is -2.14. The number of rotatable bonds is 6. The van der Waals surface area contributed by atoms with Crippen LogP contribution in [0.4, 0.5) is 22.9 Å². The van der Waals surface area contributed by atoms with Crippen molar-refractivity contribution in [2.75, 3.05) is 29.6 Å². The minimum absolute atomic E-state index is 0.117. The van der Waals surface area contributed by atoms with Crippen LogP contribution < -0.4 is 15.5 Å². The summed E-state index contributed by atoms with van der Waals surface area (Å²) >= 11 is 6.10. The molecule has 0 fully saturated rings. The molecule has 2 N–H and O–H groups in total. The Morgan fingerprint density at radius 2 is 1.78 bits per heavy atom. The number of benzene rings is 2. The average molecular weight is 382 g/mol. The van der Waals surface area contributed by atoms with Crippen molar-refractivity contribution in [2.24, 2.45) is 0 Å². The van der Waals surface area contributed by atoms with E-state index in [2.05, 4.69) is 20.8 Å². The van der Waals surface area contributed by atoms with Crippen LogP contribution in [-0.4, -0.2) is 30.2 Å². The van der Waals surface area contributed by atoms with Crippen LogP contribution >= 0.6 is 11.6 Å². The van der Waals surface area contributed by atoms with Gasteiger partial charge in [0.2, 0.25) is 5.91 Å². The second kappa shape index (κ2) is 8.51. The molecule has 0 aliphatic carbocycles. The summed E-state index contributed by atoms with van der Waals surface area (Å²) in [7, 11) is 3.89. The number of hydrogen-bond acceptors (Lipinski definition) is 5. The van der Waals surface area contributed by atoms with E-state index in [-0.39, 0.29) is 12.3 Å². The molecule has 0 bridgehead atoms. The number of carbonyl (C=O) groups excluding carboxylic acids is 1. The molecule has 1 heterocycles. The molecule has 0 radical (unpaired) electrons. The smallest absolute Gasteiger partial charge is 0.228 e. The topological polar surface area (TPSA) is 70.2 Å². The molecular formula is C20H20ClN5O. The highest BCUT2D eigenvalue weighted by Gasteiger charge is 2.07. The zero-order valence-corrected chi connectivity index (χ0v) is 15.9. The van der Waals surface area contributed by atoms with Crippen LogP contribution in [0.15, 0.2) is 60.8 Å². The van der Waals surface area contributed by atoms with E-state index in [1.54, 1.807) is 12.3 Å². The van der Waals surface area contributed by atoms with Crippen molar-refractivity contribution >= 4 is 40.4 Å². The van der Waals surface area contributed by atoms with E-state index in [1.165, 1.54) is 0 Å². The molecule has 6 nitrogen and oxygen atoms in total. The van der Waals surface area contributed by atoms with Crippen LogP contribution in [0.5, 0.6) is 0 Å². The Labute approximate surface area is 163 Å². The molecule has 27 heavy (non-hydrogen) atoms.